The van der Waals surface area contributed by atoms with Crippen molar-refractivity contribution in [1.29, 1.82) is 0 Å². The number of anilines is 1. The first-order chi connectivity index (χ1) is 10.8. The molecule has 2 aromatic heterocycles. The molecule has 1 aliphatic carbocycles. The Morgan fingerprint density at radius 3 is 2.73 bits per heavy atom. The first kappa shape index (κ1) is 13.1. The fourth-order valence-corrected chi connectivity index (χ4v) is 2.78. The maximum Gasteiger partial charge on any atom is 0.0705 e. The number of aromatic amines is 1. The number of hydrogen-bond donors (Lipinski definition) is 2. The standard InChI is InChI=1S/C17H19N5/c1-22-11-15(17(21-22)13-2-3-13)8-18-16-6-4-12(5-7-16)14-9-19-20-10-14/h4-7,9-11,13,18H,2-3,8H2,1H3,(H,19,20). The fraction of sp³-hybridized carbons (Fsp3) is 0.294. The van der Waals surface area contributed by atoms with E-state index in [1.807, 2.05) is 24.1 Å². The van der Waals surface area contributed by atoms with Crippen LogP contribution in [0.2, 0.25) is 0 Å². The van der Waals surface area contributed by atoms with E-state index in [1.54, 1.807) is 0 Å². The molecule has 3 aromatic rings. The van der Waals surface area contributed by atoms with Gasteiger partial charge in [0.25, 0.3) is 0 Å². The largest absolute Gasteiger partial charge is 0.381 e. The van der Waals surface area contributed by atoms with Gasteiger partial charge in [0.1, 0.15) is 0 Å². The van der Waals surface area contributed by atoms with Crippen LogP contribution in [0.4, 0.5) is 5.69 Å². The van der Waals surface area contributed by atoms with E-state index < -0.39 is 0 Å². The molecule has 1 saturated carbocycles. The highest BCUT2D eigenvalue weighted by Crippen LogP contribution is 2.40. The van der Waals surface area contributed by atoms with E-state index in [0.29, 0.717) is 5.92 Å². The van der Waals surface area contributed by atoms with E-state index in [2.05, 4.69) is 51.1 Å². The second kappa shape index (κ2) is 5.33. The summed E-state index contributed by atoms with van der Waals surface area (Å²) in [6.45, 7) is 0.824. The Morgan fingerprint density at radius 2 is 2.05 bits per heavy atom. The molecular weight excluding hydrogens is 274 g/mol. The van der Waals surface area contributed by atoms with Crippen LogP contribution in [0.25, 0.3) is 11.1 Å². The summed E-state index contributed by atoms with van der Waals surface area (Å²) >= 11 is 0. The topological polar surface area (TPSA) is 58.5 Å². The van der Waals surface area contributed by atoms with Crippen LogP contribution in [0, 0.1) is 0 Å². The van der Waals surface area contributed by atoms with Gasteiger partial charge in [-0.2, -0.15) is 10.2 Å². The van der Waals surface area contributed by atoms with E-state index in [4.69, 9.17) is 0 Å². The summed E-state index contributed by atoms with van der Waals surface area (Å²) in [6, 6.07) is 8.43. The molecule has 22 heavy (non-hydrogen) atoms. The number of aromatic nitrogens is 4. The molecule has 0 unspecified atom stereocenters. The smallest absolute Gasteiger partial charge is 0.0705 e. The van der Waals surface area contributed by atoms with Gasteiger partial charge in [0, 0.05) is 48.7 Å². The zero-order valence-electron chi connectivity index (χ0n) is 12.6. The van der Waals surface area contributed by atoms with Crippen LogP contribution in [0.1, 0.15) is 30.0 Å². The van der Waals surface area contributed by atoms with Gasteiger partial charge in [-0.3, -0.25) is 9.78 Å². The van der Waals surface area contributed by atoms with Crippen molar-refractivity contribution in [3.8, 4) is 11.1 Å². The Morgan fingerprint density at radius 1 is 1.23 bits per heavy atom. The fourth-order valence-electron chi connectivity index (χ4n) is 2.78. The summed E-state index contributed by atoms with van der Waals surface area (Å²) in [7, 11) is 2.00. The lowest BCUT2D eigenvalue weighted by Gasteiger charge is -2.07. The van der Waals surface area contributed by atoms with Crippen LogP contribution >= 0.6 is 0 Å². The molecule has 1 aromatic carbocycles. The number of aryl methyl sites for hydroxylation is 1. The quantitative estimate of drug-likeness (QED) is 0.759. The Bertz CT molecular complexity index is 751. The van der Waals surface area contributed by atoms with E-state index in [0.717, 1.165) is 17.8 Å². The minimum Gasteiger partial charge on any atom is -0.381 e. The normalized spacial score (nSPS) is 14.2. The van der Waals surface area contributed by atoms with Gasteiger partial charge >= 0.3 is 0 Å². The number of hydrogen-bond acceptors (Lipinski definition) is 3. The highest BCUT2D eigenvalue weighted by Gasteiger charge is 2.28. The maximum absolute atomic E-state index is 4.60. The molecule has 1 aliphatic rings. The maximum atomic E-state index is 4.60. The van der Waals surface area contributed by atoms with E-state index in [1.165, 1.54) is 29.7 Å². The molecule has 0 bridgehead atoms. The van der Waals surface area contributed by atoms with Crippen molar-refractivity contribution in [2.75, 3.05) is 5.32 Å². The first-order valence-electron chi connectivity index (χ1n) is 7.65. The molecule has 112 valence electrons. The third-order valence-corrected chi connectivity index (χ3v) is 4.10. The van der Waals surface area contributed by atoms with Crippen LogP contribution < -0.4 is 5.32 Å². The molecule has 0 spiro atoms. The molecule has 0 saturated heterocycles. The van der Waals surface area contributed by atoms with Gasteiger partial charge in [0.15, 0.2) is 0 Å². The van der Waals surface area contributed by atoms with Gasteiger partial charge in [0.2, 0.25) is 0 Å². The average molecular weight is 293 g/mol. The van der Waals surface area contributed by atoms with Crippen molar-refractivity contribution in [2.45, 2.75) is 25.3 Å². The molecule has 0 amide bonds. The Hall–Kier alpha value is -2.56. The SMILES string of the molecule is Cn1cc(CNc2ccc(-c3cn[nH]c3)cc2)c(C2CC2)n1. The molecule has 0 radical (unpaired) electrons. The number of H-pyrrole nitrogens is 1. The van der Waals surface area contributed by atoms with E-state index in [9.17, 15) is 0 Å². The summed E-state index contributed by atoms with van der Waals surface area (Å²) < 4.78 is 1.92. The van der Waals surface area contributed by atoms with E-state index in [-0.39, 0.29) is 0 Å². The molecule has 0 atom stereocenters. The summed E-state index contributed by atoms with van der Waals surface area (Å²) in [5.41, 5.74) is 5.97. The van der Waals surface area contributed by atoms with Gasteiger partial charge in [-0.05, 0) is 30.5 Å². The van der Waals surface area contributed by atoms with Crippen LogP contribution in [-0.2, 0) is 13.6 Å². The second-order valence-electron chi connectivity index (χ2n) is 5.91. The predicted octanol–water partition coefficient (Wildman–Crippen LogP) is 3.30. The minimum atomic E-state index is 0.682. The molecule has 5 heteroatoms. The zero-order chi connectivity index (χ0) is 14.9. The highest BCUT2D eigenvalue weighted by atomic mass is 15.3. The van der Waals surface area contributed by atoms with Crippen molar-refractivity contribution in [2.24, 2.45) is 7.05 Å². The minimum absolute atomic E-state index is 0.682. The van der Waals surface area contributed by atoms with Crippen molar-refractivity contribution >= 4 is 5.69 Å². The van der Waals surface area contributed by atoms with Crippen LogP contribution in [0.15, 0.2) is 42.9 Å². The van der Waals surface area contributed by atoms with Gasteiger partial charge in [-0.15, -0.1) is 0 Å². The summed E-state index contributed by atoms with van der Waals surface area (Å²) in [5.74, 6) is 0.682. The first-order valence-corrected chi connectivity index (χ1v) is 7.65. The monoisotopic (exact) mass is 293 g/mol. The van der Waals surface area contributed by atoms with Crippen molar-refractivity contribution < 1.29 is 0 Å². The highest BCUT2D eigenvalue weighted by molar-refractivity contribution is 5.64. The van der Waals surface area contributed by atoms with Crippen molar-refractivity contribution in [3.63, 3.8) is 0 Å². The zero-order valence-corrected chi connectivity index (χ0v) is 12.6. The van der Waals surface area contributed by atoms with Gasteiger partial charge in [-0.25, -0.2) is 0 Å². The van der Waals surface area contributed by atoms with Gasteiger partial charge in [0.05, 0.1) is 11.9 Å². The lowest BCUT2D eigenvalue weighted by atomic mass is 10.1. The second-order valence-corrected chi connectivity index (χ2v) is 5.91. The summed E-state index contributed by atoms with van der Waals surface area (Å²) in [4.78, 5) is 0. The summed E-state index contributed by atoms with van der Waals surface area (Å²) in [6.07, 6.45) is 8.42. The van der Waals surface area contributed by atoms with E-state index >= 15 is 0 Å². The Balaban J connectivity index is 1.45. The lowest BCUT2D eigenvalue weighted by molar-refractivity contribution is 0.744. The number of rotatable bonds is 5. The molecule has 2 N–H and O–H groups in total. The Kier molecular flexibility index (Phi) is 3.18. The number of nitrogens with zero attached hydrogens (tertiary/aromatic N) is 3. The number of benzene rings is 1. The third-order valence-electron chi connectivity index (χ3n) is 4.10. The molecule has 5 nitrogen and oxygen atoms in total. The molecule has 4 rings (SSSR count). The lowest BCUT2D eigenvalue weighted by Crippen LogP contribution is -2.00. The van der Waals surface area contributed by atoms with Crippen LogP contribution in [0.5, 0.6) is 0 Å². The molecule has 2 heterocycles. The van der Waals surface area contributed by atoms with Crippen LogP contribution in [0.3, 0.4) is 0 Å². The number of nitrogens with one attached hydrogen (secondary N) is 2. The van der Waals surface area contributed by atoms with Gasteiger partial charge < -0.3 is 5.32 Å². The van der Waals surface area contributed by atoms with Crippen molar-refractivity contribution in [1.82, 2.24) is 20.0 Å². The predicted molar refractivity (Wildman–Crippen MR) is 86.5 cm³/mol. The molecule has 0 aliphatic heterocycles. The Labute approximate surface area is 129 Å². The van der Waals surface area contributed by atoms with Gasteiger partial charge in [-0.1, -0.05) is 12.1 Å². The third kappa shape index (κ3) is 2.62. The molecular formula is C17H19N5. The molecule has 1 fully saturated rings. The van der Waals surface area contributed by atoms with Crippen molar-refractivity contribution in [3.05, 3.63) is 54.1 Å². The average Bonchev–Trinajstić information content (AvgIpc) is 3.09. The summed E-state index contributed by atoms with van der Waals surface area (Å²) in [5, 5.41) is 14.9. The van der Waals surface area contributed by atoms with Crippen LogP contribution in [-0.4, -0.2) is 20.0 Å².